The topological polar surface area (TPSA) is 20.2 Å². The van der Waals surface area contributed by atoms with Gasteiger partial charge >= 0.3 is 0 Å². The van der Waals surface area contributed by atoms with Crippen LogP contribution >= 0.6 is 27.7 Å². The molecule has 0 saturated heterocycles. The molecule has 0 aliphatic carbocycles. The summed E-state index contributed by atoms with van der Waals surface area (Å²) in [5, 5.41) is 9.84. The molecule has 0 amide bonds. The van der Waals surface area contributed by atoms with Crippen LogP contribution in [0.25, 0.3) is 0 Å². The van der Waals surface area contributed by atoms with Crippen molar-refractivity contribution in [1.82, 2.24) is 0 Å². The van der Waals surface area contributed by atoms with Gasteiger partial charge in [-0.15, -0.1) is 0 Å². The SMILES string of the molecule is O[C@@H]1CCSCc2c(F)ccc(Br)c21. The quantitative estimate of drug-likeness (QED) is 0.785. The third-order valence-electron chi connectivity index (χ3n) is 2.36. The Bertz CT molecular complexity index is 356. The number of halogens is 2. The van der Waals surface area contributed by atoms with Gasteiger partial charge in [0.15, 0.2) is 0 Å². The summed E-state index contributed by atoms with van der Waals surface area (Å²) in [6.07, 6.45) is 0.157. The highest BCUT2D eigenvalue weighted by atomic mass is 79.9. The molecule has 0 bridgehead atoms. The van der Waals surface area contributed by atoms with E-state index in [1.165, 1.54) is 6.07 Å². The van der Waals surface area contributed by atoms with Crippen LogP contribution in [-0.2, 0) is 5.75 Å². The van der Waals surface area contributed by atoms with Gasteiger partial charge in [-0.25, -0.2) is 4.39 Å². The molecule has 0 aromatic heterocycles. The van der Waals surface area contributed by atoms with Crippen LogP contribution in [0, 0.1) is 5.82 Å². The van der Waals surface area contributed by atoms with Crippen LogP contribution < -0.4 is 0 Å². The summed E-state index contributed by atoms with van der Waals surface area (Å²) in [5.74, 6) is 1.32. The predicted molar refractivity (Wildman–Crippen MR) is 59.8 cm³/mol. The number of thioether (sulfide) groups is 1. The maximum absolute atomic E-state index is 13.5. The van der Waals surface area contributed by atoms with Crippen molar-refractivity contribution in [1.29, 1.82) is 0 Å². The third-order valence-corrected chi connectivity index (χ3v) is 4.07. The molecule has 1 heterocycles. The zero-order chi connectivity index (χ0) is 10.1. The molecule has 2 rings (SSSR count). The van der Waals surface area contributed by atoms with Crippen molar-refractivity contribution in [3.05, 3.63) is 33.5 Å². The Morgan fingerprint density at radius 3 is 3.07 bits per heavy atom. The minimum absolute atomic E-state index is 0.211. The van der Waals surface area contributed by atoms with Gasteiger partial charge in [0, 0.05) is 21.4 Å². The Morgan fingerprint density at radius 2 is 2.29 bits per heavy atom. The summed E-state index contributed by atoms with van der Waals surface area (Å²) in [6.45, 7) is 0. The molecule has 1 aliphatic rings. The first-order valence-electron chi connectivity index (χ1n) is 4.42. The predicted octanol–water partition coefficient (Wildman–Crippen LogP) is 3.26. The number of benzene rings is 1. The summed E-state index contributed by atoms with van der Waals surface area (Å²) >= 11 is 5.02. The van der Waals surface area contributed by atoms with E-state index >= 15 is 0 Å². The fraction of sp³-hybridized carbons (Fsp3) is 0.400. The van der Waals surface area contributed by atoms with Crippen LogP contribution in [0.15, 0.2) is 16.6 Å². The highest BCUT2D eigenvalue weighted by molar-refractivity contribution is 9.10. The normalized spacial score (nSPS) is 21.5. The molecule has 4 heteroatoms. The largest absolute Gasteiger partial charge is 0.388 e. The molecule has 76 valence electrons. The summed E-state index contributed by atoms with van der Waals surface area (Å²) in [6, 6.07) is 3.11. The van der Waals surface area contributed by atoms with Crippen molar-refractivity contribution in [3.8, 4) is 0 Å². The van der Waals surface area contributed by atoms with Crippen LogP contribution in [0.5, 0.6) is 0 Å². The van der Waals surface area contributed by atoms with Gasteiger partial charge in [-0.2, -0.15) is 11.8 Å². The standard InChI is InChI=1S/C10H10BrFOS/c11-7-1-2-8(12)6-5-14-4-3-9(13)10(6)7/h1-2,9,13H,3-5H2/t9-/m1/s1. The zero-order valence-corrected chi connectivity index (χ0v) is 9.87. The fourth-order valence-electron chi connectivity index (χ4n) is 1.63. The smallest absolute Gasteiger partial charge is 0.127 e. The zero-order valence-electron chi connectivity index (χ0n) is 7.46. The van der Waals surface area contributed by atoms with E-state index in [0.29, 0.717) is 17.7 Å². The molecule has 1 nitrogen and oxygen atoms in total. The van der Waals surface area contributed by atoms with E-state index in [2.05, 4.69) is 15.9 Å². The van der Waals surface area contributed by atoms with E-state index < -0.39 is 6.10 Å². The fourth-order valence-corrected chi connectivity index (χ4v) is 3.30. The van der Waals surface area contributed by atoms with Crippen molar-refractivity contribution in [2.24, 2.45) is 0 Å². The van der Waals surface area contributed by atoms with Crippen molar-refractivity contribution >= 4 is 27.7 Å². The monoisotopic (exact) mass is 276 g/mol. The Balaban J connectivity index is 2.57. The lowest BCUT2D eigenvalue weighted by Crippen LogP contribution is -2.02. The Kier molecular flexibility index (Phi) is 3.14. The van der Waals surface area contributed by atoms with E-state index in [4.69, 9.17) is 0 Å². The number of rotatable bonds is 0. The van der Waals surface area contributed by atoms with Crippen molar-refractivity contribution in [2.75, 3.05) is 5.75 Å². The molecule has 1 N–H and O–H groups in total. The van der Waals surface area contributed by atoms with Gasteiger partial charge in [-0.3, -0.25) is 0 Å². The molecule has 0 radical (unpaired) electrons. The molecular weight excluding hydrogens is 267 g/mol. The molecule has 1 aliphatic heterocycles. The van der Waals surface area contributed by atoms with E-state index in [1.807, 2.05) is 0 Å². The number of hydrogen-bond acceptors (Lipinski definition) is 2. The van der Waals surface area contributed by atoms with E-state index in [1.54, 1.807) is 17.8 Å². The molecule has 0 fully saturated rings. The molecule has 1 aromatic rings. The summed E-state index contributed by atoms with van der Waals surface area (Å²) in [5.41, 5.74) is 1.38. The molecule has 0 spiro atoms. The van der Waals surface area contributed by atoms with E-state index in [9.17, 15) is 9.50 Å². The summed E-state index contributed by atoms with van der Waals surface area (Å²) < 4.78 is 14.3. The van der Waals surface area contributed by atoms with Crippen molar-refractivity contribution in [2.45, 2.75) is 18.3 Å². The van der Waals surface area contributed by atoms with E-state index in [0.717, 1.165) is 15.8 Å². The van der Waals surface area contributed by atoms with Crippen LogP contribution in [0.1, 0.15) is 23.7 Å². The van der Waals surface area contributed by atoms with Crippen LogP contribution in [0.3, 0.4) is 0 Å². The third kappa shape index (κ3) is 1.83. The van der Waals surface area contributed by atoms with Crippen LogP contribution in [-0.4, -0.2) is 10.9 Å². The minimum Gasteiger partial charge on any atom is -0.388 e. The highest BCUT2D eigenvalue weighted by Crippen LogP contribution is 2.36. The molecular formula is C10H10BrFOS. The van der Waals surface area contributed by atoms with Crippen LogP contribution in [0.2, 0.25) is 0 Å². The second-order valence-electron chi connectivity index (χ2n) is 3.28. The first-order chi connectivity index (χ1) is 6.70. The number of aliphatic hydroxyl groups is 1. The lowest BCUT2D eigenvalue weighted by atomic mass is 10.0. The summed E-state index contributed by atoms with van der Waals surface area (Å²) in [4.78, 5) is 0. The van der Waals surface area contributed by atoms with Crippen molar-refractivity contribution in [3.63, 3.8) is 0 Å². The van der Waals surface area contributed by atoms with Gasteiger partial charge in [0.2, 0.25) is 0 Å². The Labute approximate surface area is 94.8 Å². The van der Waals surface area contributed by atoms with Gasteiger partial charge < -0.3 is 5.11 Å². The van der Waals surface area contributed by atoms with Gasteiger partial charge in [-0.1, -0.05) is 15.9 Å². The molecule has 0 saturated carbocycles. The first-order valence-corrected chi connectivity index (χ1v) is 6.37. The second-order valence-corrected chi connectivity index (χ2v) is 5.24. The number of aliphatic hydroxyl groups excluding tert-OH is 1. The molecule has 0 unspecified atom stereocenters. The summed E-state index contributed by atoms with van der Waals surface area (Å²) in [7, 11) is 0. The number of hydrogen-bond donors (Lipinski definition) is 1. The lowest BCUT2D eigenvalue weighted by Gasteiger charge is -2.13. The number of fused-ring (bicyclic) bond motifs is 1. The average Bonchev–Trinajstić information content (AvgIpc) is 2.35. The molecule has 1 aromatic carbocycles. The maximum atomic E-state index is 13.5. The Hall–Kier alpha value is -0.0600. The minimum atomic E-state index is -0.537. The maximum Gasteiger partial charge on any atom is 0.127 e. The average molecular weight is 277 g/mol. The first kappa shape index (κ1) is 10.5. The molecule has 14 heavy (non-hydrogen) atoms. The van der Waals surface area contributed by atoms with Gasteiger partial charge in [0.1, 0.15) is 5.82 Å². The second kappa shape index (κ2) is 4.21. The molecule has 1 atom stereocenters. The van der Waals surface area contributed by atoms with Gasteiger partial charge in [-0.05, 0) is 24.3 Å². The van der Waals surface area contributed by atoms with Gasteiger partial charge in [0.05, 0.1) is 6.10 Å². The lowest BCUT2D eigenvalue weighted by molar-refractivity contribution is 0.173. The van der Waals surface area contributed by atoms with Gasteiger partial charge in [0.25, 0.3) is 0 Å². The van der Waals surface area contributed by atoms with Crippen LogP contribution in [0.4, 0.5) is 4.39 Å². The van der Waals surface area contributed by atoms with Crippen molar-refractivity contribution < 1.29 is 9.50 Å². The van der Waals surface area contributed by atoms with E-state index in [-0.39, 0.29) is 5.82 Å². The highest BCUT2D eigenvalue weighted by Gasteiger charge is 2.21. The Morgan fingerprint density at radius 1 is 1.50 bits per heavy atom.